The third kappa shape index (κ3) is 3.65. The molecule has 5 N–H and O–H groups in total. The van der Waals surface area contributed by atoms with Crippen LogP contribution in [0.5, 0.6) is 5.75 Å². The lowest BCUT2D eigenvalue weighted by molar-refractivity contribution is -0.166. The number of hydrogen-bond acceptors (Lipinski definition) is 9. The van der Waals surface area contributed by atoms with E-state index < -0.39 is 87.0 Å². The van der Waals surface area contributed by atoms with Crippen LogP contribution in [0.4, 0.5) is 8.78 Å². The van der Waals surface area contributed by atoms with Crippen molar-refractivity contribution in [3.63, 3.8) is 0 Å². The molecule has 5 rings (SSSR count). The minimum atomic E-state index is -3.01. The molecule has 1 saturated carbocycles. The topological polar surface area (TPSA) is 156 Å². The molecule has 2 aromatic carbocycles. The van der Waals surface area contributed by atoms with Gasteiger partial charge < -0.3 is 25.5 Å². The molecule has 3 aliphatic rings. The molecule has 3 aliphatic carbocycles. The van der Waals surface area contributed by atoms with Gasteiger partial charge in [0.05, 0.1) is 29.2 Å². The maximum absolute atomic E-state index is 14.1. The molecule has 0 radical (unpaired) electrons. The SMILES string of the molecule is CC(=O)C1=C(O)[C@@]2(O)C(=O)C3=C(O)c4c(O)cccc4/C(=C\c4cc(F)cc(F)c4)[C@H]3[C@H](O)[C@H]2[C@H](N(C)C)C1=O. The average Bonchev–Trinajstić information content (AvgIpc) is 2.84. The normalized spacial score (nSPS) is 29.1. The number of carbonyl (C=O) groups excluding carboxylic acids is 3. The van der Waals surface area contributed by atoms with Crippen LogP contribution in [0.15, 0.2) is 53.3 Å². The van der Waals surface area contributed by atoms with Crippen molar-refractivity contribution in [2.45, 2.75) is 24.7 Å². The van der Waals surface area contributed by atoms with Crippen LogP contribution >= 0.6 is 0 Å². The number of rotatable bonds is 3. The van der Waals surface area contributed by atoms with E-state index in [1.54, 1.807) is 0 Å². The highest BCUT2D eigenvalue weighted by molar-refractivity contribution is 6.25. The number of fused-ring (bicyclic) bond motifs is 3. The Morgan fingerprint density at radius 2 is 1.68 bits per heavy atom. The fourth-order valence-corrected chi connectivity index (χ4v) is 6.25. The first-order valence-corrected chi connectivity index (χ1v) is 12.3. The molecule has 0 aromatic heterocycles. The summed E-state index contributed by atoms with van der Waals surface area (Å²) in [6, 6.07) is 5.23. The number of hydrogen-bond donors (Lipinski definition) is 5. The van der Waals surface area contributed by atoms with Crippen LogP contribution in [0.3, 0.4) is 0 Å². The van der Waals surface area contributed by atoms with E-state index in [-0.39, 0.29) is 22.3 Å². The van der Waals surface area contributed by atoms with Crippen molar-refractivity contribution in [1.82, 2.24) is 4.90 Å². The number of aromatic hydroxyl groups is 1. The zero-order chi connectivity index (χ0) is 29.4. The van der Waals surface area contributed by atoms with Crippen molar-refractivity contribution in [2.24, 2.45) is 11.8 Å². The van der Waals surface area contributed by atoms with Crippen LogP contribution in [-0.4, -0.2) is 79.6 Å². The van der Waals surface area contributed by atoms with Gasteiger partial charge in [-0.3, -0.25) is 19.3 Å². The van der Waals surface area contributed by atoms with Crippen LogP contribution in [0, 0.1) is 23.5 Å². The summed E-state index contributed by atoms with van der Waals surface area (Å²) in [6.45, 7) is 0.969. The van der Waals surface area contributed by atoms with Crippen molar-refractivity contribution in [1.29, 1.82) is 0 Å². The molecular formula is C29H25F2NO8. The van der Waals surface area contributed by atoms with Gasteiger partial charge in [-0.1, -0.05) is 18.2 Å². The van der Waals surface area contributed by atoms with E-state index in [4.69, 9.17) is 0 Å². The predicted octanol–water partition coefficient (Wildman–Crippen LogP) is 2.31. The Bertz CT molecular complexity index is 1590. The zero-order valence-electron chi connectivity index (χ0n) is 21.5. The number of aliphatic hydroxyl groups is 4. The van der Waals surface area contributed by atoms with E-state index in [0.717, 1.165) is 19.1 Å². The van der Waals surface area contributed by atoms with Crippen LogP contribution in [0.25, 0.3) is 17.4 Å². The molecule has 0 unspecified atom stereocenters. The second-order valence-corrected chi connectivity index (χ2v) is 10.4. The first-order chi connectivity index (χ1) is 18.7. The molecule has 40 heavy (non-hydrogen) atoms. The van der Waals surface area contributed by atoms with Gasteiger partial charge in [0.15, 0.2) is 17.2 Å². The van der Waals surface area contributed by atoms with E-state index in [1.807, 2.05) is 0 Å². The maximum atomic E-state index is 14.1. The highest BCUT2D eigenvalue weighted by atomic mass is 19.1. The lowest BCUT2D eigenvalue weighted by Crippen LogP contribution is -2.69. The summed E-state index contributed by atoms with van der Waals surface area (Å²) >= 11 is 0. The Labute approximate surface area is 226 Å². The Morgan fingerprint density at radius 1 is 1.05 bits per heavy atom. The molecule has 0 spiro atoms. The third-order valence-electron chi connectivity index (χ3n) is 7.84. The van der Waals surface area contributed by atoms with Crippen LogP contribution in [0.1, 0.15) is 23.6 Å². The van der Waals surface area contributed by atoms with Crippen molar-refractivity contribution in [3.05, 3.63) is 81.6 Å². The molecule has 0 amide bonds. The summed E-state index contributed by atoms with van der Waals surface area (Å²) in [6.07, 6.45) is -0.610. The molecule has 11 heteroatoms. The standard InChI is InChI=1S/C29H25F2NO8/c1-11(33)18-26(37)23(32(2)3)22-25(36)20-16(9-12-7-13(30)10-14(31)8-12)15-5-4-6-17(34)19(15)24(35)21(20)28(39)29(22,40)27(18)38/h4-10,20,22-23,25,34-36,38,40H,1-3H3/b16-9+/t20-,22-,23+,25+,29-/m1/s1. The van der Waals surface area contributed by atoms with E-state index >= 15 is 0 Å². The monoisotopic (exact) mass is 553 g/mol. The van der Waals surface area contributed by atoms with Crippen molar-refractivity contribution >= 4 is 34.8 Å². The number of benzene rings is 2. The summed E-state index contributed by atoms with van der Waals surface area (Å²) in [5, 5.41) is 56.6. The van der Waals surface area contributed by atoms with Crippen molar-refractivity contribution in [2.75, 3.05) is 14.1 Å². The molecule has 0 aliphatic heterocycles. The van der Waals surface area contributed by atoms with Crippen molar-refractivity contribution in [3.8, 4) is 5.75 Å². The van der Waals surface area contributed by atoms with Crippen LogP contribution in [0.2, 0.25) is 0 Å². The number of halogens is 2. The third-order valence-corrected chi connectivity index (χ3v) is 7.84. The Kier molecular flexibility index (Phi) is 6.29. The average molecular weight is 554 g/mol. The molecule has 5 atom stereocenters. The predicted molar refractivity (Wildman–Crippen MR) is 138 cm³/mol. The smallest absolute Gasteiger partial charge is 0.203 e. The largest absolute Gasteiger partial charge is 0.508 e. The van der Waals surface area contributed by atoms with E-state index in [9.17, 15) is 48.7 Å². The van der Waals surface area contributed by atoms with Crippen LogP contribution < -0.4 is 0 Å². The number of carbonyl (C=O) groups is 3. The number of phenols is 1. The summed E-state index contributed by atoms with van der Waals surface area (Å²) in [5.41, 5.74) is -4.58. The van der Waals surface area contributed by atoms with Gasteiger partial charge >= 0.3 is 0 Å². The molecule has 0 saturated heterocycles. The highest BCUT2D eigenvalue weighted by Gasteiger charge is 2.68. The van der Waals surface area contributed by atoms with Gasteiger partial charge in [0, 0.05) is 12.0 Å². The second-order valence-electron chi connectivity index (χ2n) is 10.4. The molecule has 208 valence electrons. The van der Waals surface area contributed by atoms with Gasteiger partial charge in [0.1, 0.15) is 34.5 Å². The van der Waals surface area contributed by atoms with Gasteiger partial charge in [-0.25, -0.2) is 8.78 Å². The van der Waals surface area contributed by atoms with E-state index in [1.165, 1.54) is 43.3 Å². The Hall–Kier alpha value is -4.19. The van der Waals surface area contributed by atoms with Gasteiger partial charge in [-0.15, -0.1) is 0 Å². The Balaban J connectivity index is 1.87. The summed E-state index contributed by atoms with van der Waals surface area (Å²) in [4.78, 5) is 41.1. The molecule has 0 bridgehead atoms. The lowest BCUT2D eigenvalue weighted by atomic mass is 9.55. The maximum Gasteiger partial charge on any atom is 0.203 e. The highest BCUT2D eigenvalue weighted by Crippen LogP contribution is 2.56. The summed E-state index contributed by atoms with van der Waals surface area (Å²) in [7, 11) is 2.84. The van der Waals surface area contributed by atoms with Crippen LogP contribution in [-0.2, 0) is 14.4 Å². The molecule has 0 heterocycles. The van der Waals surface area contributed by atoms with Gasteiger partial charge in [0.25, 0.3) is 0 Å². The first kappa shape index (κ1) is 27.4. The van der Waals surface area contributed by atoms with Gasteiger partial charge in [-0.2, -0.15) is 0 Å². The number of nitrogens with zero attached hydrogens (tertiary/aromatic N) is 1. The number of likely N-dealkylation sites (N-methyl/N-ethyl adjacent to an activating group) is 1. The van der Waals surface area contributed by atoms with Gasteiger partial charge in [0.2, 0.25) is 5.78 Å². The lowest BCUT2D eigenvalue weighted by Gasteiger charge is -2.53. The number of ketones is 3. The molecule has 2 aromatic rings. The molecular weight excluding hydrogens is 528 g/mol. The fourth-order valence-electron chi connectivity index (χ4n) is 6.25. The number of aliphatic hydroxyl groups excluding tert-OH is 3. The quantitative estimate of drug-likeness (QED) is 0.360. The Morgan fingerprint density at radius 3 is 2.25 bits per heavy atom. The molecule has 1 fully saturated rings. The van der Waals surface area contributed by atoms with Gasteiger partial charge in [-0.05, 0) is 55.9 Å². The zero-order valence-corrected chi connectivity index (χ0v) is 21.5. The summed E-state index contributed by atoms with van der Waals surface area (Å²) in [5.74, 6) is -10.8. The number of Topliss-reactive ketones (excluding diaryl/α,β-unsaturated/α-hetero) is 3. The summed E-state index contributed by atoms with van der Waals surface area (Å²) < 4.78 is 28.2. The second kappa shape index (κ2) is 9.19. The number of phenolic OH excluding ortho intramolecular Hbond substituents is 1. The van der Waals surface area contributed by atoms with Crippen molar-refractivity contribution < 1.29 is 48.7 Å². The fraction of sp³-hybridized carbons (Fsp3) is 0.276. The minimum absolute atomic E-state index is 0.0199. The molecule has 9 nitrogen and oxygen atoms in total. The van der Waals surface area contributed by atoms with E-state index in [2.05, 4.69) is 0 Å². The minimum Gasteiger partial charge on any atom is -0.508 e. The van der Waals surface area contributed by atoms with E-state index in [0.29, 0.717) is 6.07 Å². The first-order valence-electron chi connectivity index (χ1n) is 12.3.